The van der Waals surface area contributed by atoms with Gasteiger partial charge in [0.2, 0.25) is 0 Å². The van der Waals surface area contributed by atoms with Crippen molar-refractivity contribution in [2.24, 2.45) is 0 Å². The van der Waals surface area contributed by atoms with Gasteiger partial charge in [-0.15, -0.1) is 0 Å². The number of morpholine rings is 1. The van der Waals surface area contributed by atoms with Gasteiger partial charge in [-0.25, -0.2) is 19.6 Å². The number of rotatable bonds is 15. The minimum Gasteiger partial charge on any atom is -0.481 e. The summed E-state index contributed by atoms with van der Waals surface area (Å²) in [5, 5.41) is 30.3. The second kappa shape index (κ2) is 14.9. The number of carboxylic acid groups (broad SMARTS) is 3. The molecule has 2 heterocycles. The van der Waals surface area contributed by atoms with Gasteiger partial charge in [-0.05, 0) is 12.1 Å². The summed E-state index contributed by atoms with van der Waals surface area (Å²) in [5.41, 5.74) is 0.728. The van der Waals surface area contributed by atoms with Crippen LogP contribution in [0.1, 0.15) is 27.3 Å². The number of benzene rings is 1. The van der Waals surface area contributed by atoms with Gasteiger partial charge in [-0.2, -0.15) is 0 Å². The number of aromatic carboxylic acids is 1. The van der Waals surface area contributed by atoms with E-state index in [1.54, 1.807) is 21.9 Å². The summed E-state index contributed by atoms with van der Waals surface area (Å²) in [7, 11) is 3.06. The number of nitrogens with zero attached hydrogens (tertiary/aromatic N) is 4. The summed E-state index contributed by atoms with van der Waals surface area (Å²) in [5.74, 6) is -4.54. The van der Waals surface area contributed by atoms with E-state index in [4.69, 9.17) is 24.3 Å². The number of hydrogen-bond donors (Lipinski definition) is 4. The lowest BCUT2D eigenvalue weighted by molar-refractivity contribution is -0.145. The lowest BCUT2D eigenvalue weighted by atomic mass is 10.1. The molecule has 4 N–H and O–H groups in total. The fourth-order valence-corrected chi connectivity index (χ4v) is 4.08. The number of carboxylic acids is 3. The number of methoxy groups -OCH3 is 2. The highest BCUT2D eigenvalue weighted by Crippen LogP contribution is 2.32. The molecule has 2 aromatic rings. The van der Waals surface area contributed by atoms with E-state index >= 15 is 0 Å². The fraction of sp³-hybridized carbons (Fsp3) is 0.462. The maximum atomic E-state index is 13.5. The number of aromatic nitrogens is 2. The zero-order valence-electron chi connectivity index (χ0n) is 22.7. The molecule has 1 aliphatic heterocycles. The Balaban J connectivity index is 2.22. The Labute approximate surface area is 235 Å². The molecular formula is C26H33N5O10. The van der Waals surface area contributed by atoms with E-state index in [1.165, 1.54) is 26.4 Å². The van der Waals surface area contributed by atoms with Crippen LogP contribution in [0.2, 0.25) is 0 Å². The fourth-order valence-electron chi connectivity index (χ4n) is 4.08. The molecule has 15 nitrogen and oxygen atoms in total. The van der Waals surface area contributed by atoms with Crippen molar-refractivity contribution in [1.82, 2.24) is 15.3 Å². The van der Waals surface area contributed by atoms with Gasteiger partial charge in [-0.1, -0.05) is 12.1 Å². The highest BCUT2D eigenvalue weighted by atomic mass is 16.5. The Morgan fingerprint density at radius 3 is 2.12 bits per heavy atom. The van der Waals surface area contributed by atoms with Crippen LogP contribution in [0.3, 0.4) is 0 Å². The number of carbonyl (C=O) groups is 4. The molecule has 1 aromatic heterocycles. The summed E-state index contributed by atoms with van der Waals surface area (Å²) in [6, 6.07) is 4.31. The Bertz CT molecular complexity index is 1230. The van der Waals surface area contributed by atoms with Crippen LogP contribution in [0.5, 0.6) is 0 Å². The zero-order valence-corrected chi connectivity index (χ0v) is 22.7. The predicted molar refractivity (Wildman–Crippen MR) is 145 cm³/mol. The van der Waals surface area contributed by atoms with Crippen molar-refractivity contribution >= 4 is 35.5 Å². The van der Waals surface area contributed by atoms with Crippen LogP contribution in [0.25, 0.3) is 11.3 Å². The van der Waals surface area contributed by atoms with Gasteiger partial charge in [-0.3, -0.25) is 9.59 Å². The lowest BCUT2D eigenvalue weighted by Crippen LogP contribution is -2.44. The first-order valence-corrected chi connectivity index (χ1v) is 12.7. The summed E-state index contributed by atoms with van der Waals surface area (Å²) in [6.45, 7) is 2.63. The Kier molecular flexibility index (Phi) is 11.3. The van der Waals surface area contributed by atoms with Crippen LogP contribution in [0, 0.1) is 0 Å². The van der Waals surface area contributed by atoms with E-state index in [0.29, 0.717) is 50.7 Å². The van der Waals surface area contributed by atoms with E-state index in [1.807, 2.05) is 0 Å². The van der Waals surface area contributed by atoms with E-state index < -0.39 is 36.3 Å². The van der Waals surface area contributed by atoms with Crippen LogP contribution in [-0.2, 0) is 23.8 Å². The molecule has 0 bridgehead atoms. The minimum absolute atomic E-state index is 0.0708. The predicted octanol–water partition coefficient (Wildman–Crippen LogP) is 0.435. The van der Waals surface area contributed by atoms with Crippen LogP contribution >= 0.6 is 0 Å². The maximum Gasteiger partial charge on any atom is 0.335 e. The number of anilines is 2. The van der Waals surface area contributed by atoms with Gasteiger partial charge in [0.15, 0.2) is 17.3 Å². The molecule has 0 spiro atoms. The van der Waals surface area contributed by atoms with Gasteiger partial charge in [0, 0.05) is 46.0 Å². The molecule has 3 rings (SSSR count). The summed E-state index contributed by atoms with van der Waals surface area (Å²) in [4.78, 5) is 60.9. The first-order valence-electron chi connectivity index (χ1n) is 12.7. The van der Waals surface area contributed by atoms with Gasteiger partial charge in [0.1, 0.15) is 11.7 Å². The molecule has 1 atom stereocenters. The second-order valence-electron chi connectivity index (χ2n) is 8.98. The first kappa shape index (κ1) is 31.2. The standard InChI is InChI=1S/C26H33N5O10/c1-39-11-7-30(8-12-40-2)22-20(16-3-5-17(6-4-16)25(35)36)28-23(31-9-13-41-14-10-31)21(29-22)24(34)27-18(26(37)38)15-19(32)33/h3-6,18H,7-15H2,1-2H3,(H,27,34)(H,32,33)(H,35,36)(H,37,38). The Morgan fingerprint density at radius 2 is 1.61 bits per heavy atom. The largest absolute Gasteiger partial charge is 0.481 e. The van der Waals surface area contributed by atoms with Crippen molar-refractivity contribution in [3.8, 4) is 11.3 Å². The third-order valence-electron chi connectivity index (χ3n) is 6.20. The van der Waals surface area contributed by atoms with E-state index in [0.717, 1.165) is 0 Å². The molecule has 1 unspecified atom stereocenters. The molecule has 1 aliphatic rings. The monoisotopic (exact) mass is 575 g/mol. The molecule has 1 aromatic carbocycles. The summed E-state index contributed by atoms with van der Waals surface area (Å²) >= 11 is 0. The van der Waals surface area contributed by atoms with Crippen LogP contribution in [0.4, 0.5) is 11.6 Å². The molecule has 1 saturated heterocycles. The minimum atomic E-state index is -1.70. The topological polar surface area (TPSA) is 201 Å². The molecular weight excluding hydrogens is 542 g/mol. The Hall–Kier alpha value is -4.34. The number of hydrogen-bond acceptors (Lipinski definition) is 11. The second-order valence-corrected chi connectivity index (χ2v) is 8.98. The summed E-state index contributed by atoms with van der Waals surface area (Å²) in [6.07, 6.45) is -0.837. The number of aliphatic carboxylic acids is 2. The third kappa shape index (κ3) is 8.33. The van der Waals surface area contributed by atoms with Crippen molar-refractivity contribution in [2.75, 3.05) is 76.6 Å². The molecule has 0 radical (unpaired) electrons. The quantitative estimate of drug-likeness (QED) is 0.228. The molecule has 1 amide bonds. The average Bonchev–Trinajstić information content (AvgIpc) is 2.96. The molecule has 0 aliphatic carbocycles. The van der Waals surface area contributed by atoms with Crippen LogP contribution < -0.4 is 15.1 Å². The van der Waals surface area contributed by atoms with Gasteiger partial charge in [0.25, 0.3) is 5.91 Å². The molecule has 41 heavy (non-hydrogen) atoms. The lowest BCUT2D eigenvalue weighted by Gasteiger charge is -2.31. The summed E-state index contributed by atoms with van der Waals surface area (Å²) < 4.78 is 15.9. The zero-order chi connectivity index (χ0) is 29.9. The van der Waals surface area contributed by atoms with Crippen LogP contribution in [-0.4, -0.2) is 122 Å². The average molecular weight is 576 g/mol. The molecule has 0 saturated carbocycles. The molecule has 1 fully saturated rings. The normalized spacial score (nSPS) is 13.9. The molecule has 222 valence electrons. The third-order valence-corrected chi connectivity index (χ3v) is 6.20. The number of nitrogens with one attached hydrogen (secondary N) is 1. The van der Waals surface area contributed by atoms with Crippen molar-refractivity contribution in [3.63, 3.8) is 0 Å². The SMILES string of the molecule is COCCN(CCOC)c1nc(C(=O)NC(CC(=O)O)C(=O)O)c(N2CCOCC2)nc1-c1ccc(C(=O)O)cc1. The van der Waals surface area contributed by atoms with Crippen LogP contribution in [0.15, 0.2) is 24.3 Å². The number of carbonyl (C=O) groups excluding carboxylic acids is 1. The number of amides is 1. The van der Waals surface area contributed by atoms with Crippen molar-refractivity contribution in [2.45, 2.75) is 12.5 Å². The van der Waals surface area contributed by atoms with Crippen molar-refractivity contribution in [3.05, 3.63) is 35.5 Å². The highest BCUT2D eigenvalue weighted by molar-refractivity contribution is 6.00. The molecule has 15 heteroatoms. The number of ether oxygens (including phenoxy) is 3. The van der Waals surface area contributed by atoms with Gasteiger partial charge in [0.05, 0.1) is 38.4 Å². The highest BCUT2D eigenvalue weighted by Gasteiger charge is 2.31. The Morgan fingerprint density at radius 1 is 1.00 bits per heavy atom. The van der Waals surface area contributed by atoms with E-state index in [9.17, 15) is 29.4 Å². The van der Waals surface area contributed by atoms with Gasteiger partial charge >= 0.3 is 17.9 Å². The maximum absolute atomic E-state index is 13.5. The van der Waals surface area contributed by atoms with Crippen molar-refractivity contribution < 1.29 is 48.7 Å². The first-order chi connectivity index (χ1) is 19.7. The van der Waals surface area contributed by atoms with Crippen molar-refractivity contribution in [1.29, 1.82) is 0 Å². The van der Waals surface area contributed by atoms with E-state index in [2.05, 4.69) is 10.3 Å². The van der Waals surface area contributed by atoms with Gasteiger partial charge < -0.3 is 44.6 Å². The van der Waals surface area contributed by atoms with E-state index in [-0.39, 0.29) is 36.1 Å². The smallest absolute Gasteiger partial charge is 0.335 e.